The summed E-state index contributed by atoms with van der Waals surface area (Å²) in [5, 5.41) is 24.7. The Kier molecular flexibility index (Phi) is 5.99. The molecule has 0 saturated carbocycles. The van der Waals surface area contributed by atoms with E-state index < -0.39 is 0 Å². The van der Waals surface area contributed by atoms with Crippen LogP contribution in [0.25, 0.3) is 16.9 Å². The topological polar surface area (TPSA) is 91.5 Å². The average molecular weight is 417 g/mol. The molecule has 0 atom stereocenters. The summed E-state index contributed by atoms with van der Waals surface area (Å²) >= 11 is 1.59. The summed E-state index contributed by atoms with van der Waals surface area (Å²) in [6.07, 6.45) is 2.69. The first-order valence-electron chi connectivity index (χ1n) is 9.56. The van der Waals surface area contributed by atoms with Gasteiger partial charge in [-0.25, -0.2) is 4.98 Å². The van der Waals surface area contributed by atoms with E-state index in [9.17, 15) is 9.90 Å². The number of rotatable bonds is 8. The molecule has 0 fully saturated rings. The van der Waals surface area contributed by atoms with Crippen molar-refractivity contribution >= 4 is 42.0 Å². The lowest BCUT2D eigenvalue weighted by Crippen LogP contribution is -2.27. The van der Waals surface area contributed by atoms with E-state index in [1.807, 2.05) is 29.0 Å². The quantitative estimate of drug-likeness (QED) is 0.302. The number of hydrogen-bond acceptors (Lipinski definition) is 6. The third-order valence-corrected chi connectivity index (χ3v) is 5.34. The van der Waals surface area contributed by atoms with Crippen molar-refractivity contribution in [3.63, 3.8) is 0 Å². The third-order valence-electron chi connectivity index (χ3n) is 4.61. The van der Waals surface area contributed by atoms with Crippen LogP contribution < -0.4 is 16.1 Å². The van der Waals surface area contributed by atoms with Gasteiger partial charge in [0.2, 0.25) is 5.91 Å². The van der Waals surface area contributed by atoms with Crippen LogP contribution in [-0.2, 0) is 11.2 Å². The van der Waals surface area contributed by atoms with Crippen LogP contribution in [0.3, 0.4) is 0 Å². The van der Waals surface area contributed by atoms with Gasteiger partial charge in [-0.2, -0.15) is 21.0 Å². The molecule has 0 aliphatic heterocycles. The minimum atomic E-state index is 0.0152. The highest BCUT2D eigenvalue weighted by Crippen LogP contribution is 2.29. The minimum Gasteiger partial charge on any atom is -0.507 e. The number of carbonyl (C=O) groups excluding carboxylic acids is 1. The van der Waals surface area contributed by atoms with Crippen LogP contribution in [-0.4, -0.2) is 46.5 Å². The smallest absolute Gasteiger partial charge is 0.224 e. The van der Waals surface area contributed by atoms with Crippen molar-refractivity contribution in [2.75, 3.05) is 18.4 Å². The van der Waals surface area contributed by atoms with Gasteiger partial charge in [-0.05, 0) is 46.4 Å². The lowest BCUT2D eigenvalue weighted by molar-refractivity contribution is -0.120. The number of anilines is 1. The van der Waals surface area contributed by atoms with Crippen molar-refractivity contribution in [2.45, 2.75) is 12.8 Å². The maximum atomic E-state index is 12.0. The number of phenols is 1. The van der Waals surface area contributed by atoms with Gasteiger partial charge in [0, 0.05) is 30.9 Å². The van der Waals surface area contributed by atoms with E-state index in [4.69, 9.17) is 7.85 Å². The number of benzene rings is 1. The number of phenolic OH excluding ortho intramolecular Hbond substituents is 1. The number of nitrogens with one attached hydrogen (secondary N) is 2. The van der Waals surface area contributed by atoms with Crippen molar-refractivity contribution < 1.29 is 9.90 Å². The Balaban J connectivity index is 1.41. The molecule has 0 aliphatic carbocycles. The molecule has 0 aliphatic rings. The second-order valence-corrected chi connectivity index (χ2v) is 7.60. The summed E-state index contributed by atoms with van der Waals surface area (Å²) in [4.78, 5) is 16.5. The molecule has 30 heavy (non-hydrogen) atoms. The Bertz CT molecular complexity index is 1160. The van der Waals surface area contributed by atoms with Crippen LogP contribution >= 0.6 is 11.3 Å². The van der Waals surface area contributed by atoms with E-state index in [2.05, 4.69) is 20.7 Å². The number of carbonyl (C=O) groups is 1. The first-order chi connectivity index (χ1) is 14.6. The highest BCUT2D eigenvalue weighted by atomic mass is 32.1. The van der Waals surface area contributed by atoms with Crippen molar-refractivity contribution in [3.05, 3.63) is 58.9 Å². The standard InChI is InChI=1S/C21H20BN5O2S/c22-16-12-25-27-19(11-17(26-21(16)27)15-4-1-2-5-18(15)28)23-7-3-8-24-20(29)10-14-6-9-30-13-14/h1-2,4-6,9,11-13,23,28H,3,7-8,10H2,(H,24,29). The van der Waals surface area contributed by atoms with Crippen LogP contribution in [0.5, 0.6) is 5.75 Å². The summed E-state index contributed by atoms with van der Waals surface area (Å²) < 4.78 is 1.63. The predicted octanol–water partition coefficient (Wildman–Crippen LogP) is 2.12. The van der Waals surface area contributed by atoms with E-state index in [1.165, 1.54) is 0 Å². The molecule has 4 aromatic rings. The predicted molar refractivity (Wildman–Crippen MR) is 120 cm³/mol. The van der Waals surface area contributed by atoms with E-state index in [0.717, 1.165) is 12.0 Å². The second kappa shape index (κ2) is 9.00. The summed E-state index contributed by atoms with van der Waals surface area (Å²) in [5.74, 6) is 0.868. The molecular formula is C21H20BN5O2S. The van der Waals surface area contributed by atoms with Gasteiger partial charge >= 0.3 is 0 Å². The molecule has 2 radical (unpaired) electrons. The third kappa shape index (κ3) is 4.46. The molecule has 7 nitrogen and oxygen atoms in total. The fraction of sp³-hybridized carbons (Fsp3) is 0.190. The van der Waals surface area contributed by atoms with E-state index in [1.54, 1.807) is 40.2 Å². The van der Waals surface area contributed by atoms with Crippen LogP contribution in [0.4, 0.5) is 5.82 Å². The average Bonchev–Trinajstić information content (AvgIpc) is 3.38. The Morgan fingerprint density at radius 2 is 2.10 bits per heavy atom. The maximum absolute atomic E-state index is 12.0. The molecule has 4 rings (SSSR count). The first kappa shape index (κ1) is 20.0. The molecule has 3 aromatic heterocycles. The molecule has 0 unspecified atom stereocenters. The number of fused-ring (bicyclic) bond motifs is 1. The molecule has 0 saturated heterocycles. The number of para-hydroxylation sites is 1. The molecule has 1 aromatic carbocycles. The maximum Gasteiger partial charge on any atom is 0.224 e. The lowest BCUT2D eigenvalue weighted by Gasteiger charge is -2.12. The molecule has 0 bridgehead atoms. The van der Waals surface area contributed by atoms with Crippen molar-refractivity contribution in [1.29, 1.82) is 0 Å². The van der Waals surface area contributed by atoms with Crippen molar-refractivity contribution in [3.8, 4) is 17.0 Å². The molecule has 0 spiro atoms. The lowest BCUT2D eigenvalue weighted by atomic mass is 10.0. The van der Waals surface area contributed by atoms with Crippen LogP contribution in [0.1, 0.15) is 12.0 Å². The summed E-state index contributed by atoms with van der Waals surface area (Å²) in [6, 6.07) is 10.8. The zero-order valence-corrected chi connectivity index (χ0v) is 17.0. The number of thiophene rings is 1. The Morgan fingerprint density at radius 3 is 2.90 bits per heavy atom. The zero-order chi connectivity index (χ0) is 20.9. The normalized spacial score (nSPS) is 10.9. The van der Waals surface area contributed by atoms with Gasteiger partial charge in [-0.15, -0.1) is 0 Å². The van der Waals surface area contributed by atoms with Gasteiger partial charge in [0.05, 0.1) is 12.1 Å². The largest absolute Gasteiger partial charge is 0.507 e. The highest BCUT2D eigenvalue weighted by molar-refractivity contribution is 7.08. The zero-order valence-electron chi connectivity index (χ0n) is 16.2. The number of aromatic nitrogens is 3. The Hall–Kier alpha value is -3.33. The molecule has 150 valence electrons. The molecule has 3 N–H and O–H groups in total. The molecule has 1 amide bonds. The monoisotopic (exact) mass is 417 g/mol. The van der Waals surface area contributed by atoms with E-state index in [-0.39, 0.29) is 11.7 Å². The van der Waals surface area contributed by atoms with Crippen molar-refractivity contribution in [2.24, 2.45) is 0 Å². The van der Waals surface area contributed by atoms with Crippen molar-refractivity contribution in [1.82, 2.24) is 19.9 Å². The summed E-state index contributed by atoms with van der Waals surface area (Å²) in [7, 11) is 6.01. The molecule has 3 heterocycles. The Morgan fingerprint density at radius 1 is 1.23 bits per heavy atom. The fourth-order valence-electron chi connectivity index (χ4n) is 3.11. The van der Waals surface area contributed by atoms with Crippen LogP contribution in [0, 0.1) is 0 Å². The van der Waals surface area contributed by atoms with Gasteiger partial charge in [0.15, 0.2) is 5.65 Å². The molecular weight excluding hydrogens is 397 g/mol. The summed E-state index contributed by atoms with van der Waals surface area (Å²) in [5.41, 5.74) is 3.21. The fourth-order valence-corrected chi connectivity index (χ4v) is 3.78. The second-order valence-electron chi connectivity index (χ2n) is 6.82. The summed E-state index contributed by atoms with van der Waals surface area (Å²) in [6.45, 7) is 1.19. The number of nitrogens with zero attached hydrogens (tertiary/aromatic N) is 3. The molecule has 9 heteroatoms. The van der Waals surface area contributed by atoms with Gasteiger partial charge in [0.25, 0.3) is 0 Å². The van der Waals surface area contributed by atoms with Crippen LogP contribution in [0.15, 0.2) is 53.4 Å². The Labute approximate surface area is 179 Å². The number of amides is 1. The number of aromatic hydroxyl groups is 1. The van der Waals surface area contributed by atoms with E-state index >= 15 is 0 Å². The van der Waals surface area contributed by atoms with Gasteiger partial charge in [0.1, 0.15) is 19.4 Å². The van der Waals surface area contributed by atoms with Gasteiger partial charge in [-0.1, -0.05) is 12.1 Å². The van der Waals surface area contributed by atoms with Crippen LogP contribution in [0.2, 0.25) is 0 Å². The number of hydrogen-bond donors (Lipinski definition) is 3. The minimum absolute atomic E-state index is 0.0152. The van der Waals surface area contributed by atoms with Gasteiger partial charge < -0.3 is 15.7 Å². The first-order valence-corrected chi connectivity index (χ1v) is 10.5. The SMILES string of the molecule is [B]c1cnn2c(NCCCNC(=O)Cc3ccsc3)cc(-c3ccccc3O)nc12. The van der Waals surface area contributed by atoms with Gasteiger partial charge in [-0.3, -0.25) is 4.79 Å². The highest BCUT2D eigenvalue weighted by Gasteiger charge is 2.12. The van der Waals surface area contributed by atoms with E-state index in [0.29, 0.717) is 47.7 Å².